The normalized spacial score (nSPS) is 23.4. The van der Waals surface area contributed by atoms with Gasteiger partial charge in [0.25, 0.3) is 0 Å². The molecule has 1 aromatic rings. The number of carbonyl (C=O) groups is 1. The maximum Gasteiger partial charge on any atom is 0.234 e. The van der Waals surface area contributed by atoms with Crippen LogP contribution in [0.1, 0.15) is 57.1 Å². The Morgan fingerprint density at radius 2 is 1.92 bits per heavy atom. The molecule has 1 amide bonds. The first-order valence-corrected chi connectivity index (χ1v) is 10.1. The predicted octanol–water partition coefficient (Wildman–Crippen LogP) is 2.77. The topological polar surface area (TPSA) is 48.7 Å². The van der Waals surface area contributed by atoms with E-state index < -0.39 is 0 Å². The number of piperidine rings is 1. The van der Waals surface area contributed by atoms with Gasteiger partial charge < -0.3 is 14.6 Å². The summed E-state index contributed by atoms with van der Waals surface area (Å²) in [6.07, 6.45) is 11.6. The van der Waals surface area contributed by atoms with Crippen LogP contribution >= 0.6 is 0 Å². The van der Waals surface area contributed by atoms with Crippen molar-refractivity contribution in [3.8, 4) is 0 Å². The lowest BCUT2D eigenvalue weighted by Crippen LogP contribution is -2.48. The highest BCUT2D eigenvalue weighted by Crippen LogP contribution is 2.29. The highest BCUT2D eigenvalue weighted by atomic mass is 16.3. The third-order valence-electron chi connectivity index (χ3n) is 6.08. The fourth-order valence-corrected chi connectivity index (χ4v) is 4.49. The molecule has 4 rings (SSSR count). The Morgan fingerprint density at radius 3 is 2.56 bits per heavy atom. The summed E-state index contributed by atoms with van der Waals surface area (Å²) in [6.45, 7) is 3.53. The molecule has 0 unspecified atom stereocenters. The fourth-order valence-electron chi connectivity index (χ4n) is 4.49. The lowest BCUT2D eigenvalue weighted by Gasteiger charge is -2.33. The standard InChI is InChI=1S/C20H31N3O2/c24-20(21-16-9-11-22(12-10-16)18-7-8-18)15-23(17-4-1-2-5-17)14-19-6-3-13-25-19/h3,6,13,16-18H,1-2,4-5,7-12,14-15H2,(H,21,24). The van der Waals surface area contributed by atoms with Gasteiger partial charge in [0.1, 0.15) is 5.76 Å². The van der Waals surface area contributed by atoms with Crippen molar-refractivity contribution >= 4 is 5.91 Å². The van der Waals surface area contributed by atoms with E-state index in [2.05, 4.69) is 15.1 Å². The number of likely N-dealkylation sites (tertiary alicyclic amines) is 1. The van der Waals surface area contributed by atoms with Gasteiger partial charge in [-0.05, 0) is 50.7 Å². The second-order valence-electron chi connectivity index (χ2n) is 8.03. The molecular weight excluding hydrogens is 314 g/mol. The summed E-state index contributed by atoms with van der Waals surface area (Å²) >= 11 is 0. The summed E-state index contributed by atoms with van der Waals surface area (Å²) in [5.74, 6) is 1.14. The van der Waals surface area contributed by atoms with Crippen LogP contribution in [-0.2, 0) is 11.3 Å². The molecule has 5 nitrogen and oxygen atoms in total. The highest BCUT2D eigenvalue weighted by molar-refractivity contribution is 5.78. The van der Waals surface area contributed by atoms with E-state index in [1.807, 2.05) is 12.1 Å². The van der Waals surface area contributed by atoms with E-state index in [-0.39, 0.29) is 5.91 Å². The molecule has 5 heteroatoms. The van der Waals surface area contributed by atoms with Crippen molar-refractivity contribution in [2.45, 2.75) is 76.0 Å². The van der Waals surface area contributed by atoms with Crippen LogP contribution in [0.2, 0.25) is 0 Å². The Hall–Kier alpha value is -1.33. The quantitative estimate of drug-likeness (QED) is 0.825. The van der Waals surface area contributed by atoms with Crippen LogP contribution in [0.5, 0.6) is 0 Å². The Balaban J connectivity index is 1.27. The molecular formula is C20H31N3O2. The third kappa shape index (κ3) is 4.64. The van der Waals surface area contributed by atoms with E-state index in [1.165, 1.54) is 38.5 Å². The third-order valence-corrected chi connectivity index (χ3v) is 6.08. The van der Waals surface area contributed by atoms with Crippen LogP contribution in [0, 0.1) is 0 Å². The number of amides is 1. The van der Waals surface area contributed by atoms with Gasteiger partial charge in [0.15, 0.2) is 0 Å². The van der Waals surface area contributed by atoms with E-state index in [0.29, 0.717) is 18.6 Å². The molecule has 2 heterocycles. The molecule has 1 aromatic heterocycles. The van der Waals surface area contributed by atoms with Crippen LogP contribution in [0.3, 0.4) is 0 Å². The molecule has 0 atom stereocenters. The summed E-state index contributed by atoms with van der Waals surface area (Å²) < 4.78 is 5.52. The lowest BCUT2D eigenvalue weighted by molar-refractivity contribution is -0.124. The second-order valence-corrected chi connectivity index (χ2v) is 8.03. The first kappa shape index (κ1) is 17.1. The van der Waals surface area contributed by atoms with E-state index in [9.17, 15) is 4.79 Å². The predicted molar refractivity (Wildman–Crippen MR) is 97.1 cm³/mol. The summed E-state index contributed by atoms with van der Waals surface area (Å²) in [6, 6.07) is 5.66. The van der Waals surface area contributed by atoms with Gasteiger partial charge in [-0.3, -0.25) is 9.69 Å². The van der Waals surface area contributed by atoms with Gasteiger partial charge in [0, 0.05) is 31.2 Å². The SMILES string of the molecule is O=C(CN(Cc1ccco1)C1CCCC1)NC1CCN(C2CC2)CC1. The van der Waals surface area contributed by atoms with Gasteiger partial charge in [-0.25, -0.2) is 0 Å². The number of furan rings is 1. The molecule has 1 aliphatic heterocycles. The van der Waals surface area contributed by atoms with Gasteiger partial charge in [-0.1, -0.05) is 12.8 Å². The van der Waals surface area contributed by atoms with Crippen LogP contribution in [-0.4, -0.2) is 53.5 Å². The Morgan fingerprint density at radius 1 is 1.16 bits per heavy atom. The van der Waals surface area contributed by atoms with Crippen molar-refractivity contribution in [1.82, 2.24) is 15.1 Å². The molecule has 0 aromatic carbocycles. The number of rotatable bonds is 7. The number of hydrogen-bond acceptors (Lipinski definition) is 4. The molecule has 3 aliphatic rings. The maximum atomic E-state index is 12.6. The van der Waals surface area contributed by atoms with Crippen molar-refractivity contribution in [3.05, 3.63) is 24.2 Å². The Kier molecular flexibility index (Phi) is 5.42. The van der Waals surface area contributed by atoms with Crippen molar-refractivity contribution in [1.29, 1.82) is 0 Å². The largest absolute Gasteiger partial charge is 0.468 e. The van der Waals surface area contributed by atoms with Gasteiger partial charge in [-0.2, -0.15) is 0 Å². The summed E-state index contributed by atoms with van der Waals surface area (Å²) in [7, 11) is 0. The van der Waals surface area contributed by atoms with Crippen LogP contribution in [0.25, 0.3) is 0 Å². The van der Waals surface area contributed by atoms with E-state index in [4.69, 9.17) is 4.42 Å². The number of nitrogens with zero attached hydrogens (tertiary/aromatic N) is 2. The minimum absolute atomic E-state index is 0.184. The molecule has 2 saturated carbocycles. The zero-order valence-electron chi connectivity index (χ0n) is 15.2. The highest BCUT2D eigenvalue weighted by Gasteiger charge is 2.32. The van der Waals surface area contributed by atoms with Crippen LogP contribution in [0.15, 0.2) is 22.8 Å². The fraction of sp³-hybridized carbons (Fsp3) is 0.750. The molecule has 1 saturated heterocycles. The molecule has 0 radical (unpaired) electrons. The molecule has 138 valence electrons. The molecule has 25 heavy (non-hydrogen) atoms. The summed E-state index contributed by atoms with van der Waals surface area (Å²) in [5.41, 5.74) is 0. The first-order valence-electron chi connectivity index (χ1n) is 10.1. The van der Waals surface area contributed by atoms with Crippen LogP contribution in [0.4, 0.5) is 0 Å². The average Bonchev–Trinajstić information content (AvgIpc) is 3.09. The molecule has 3 fully saturated rings. The smallest absolute Gasteiger partial charge is 0.234 e. The summed E-state index contributed by atoms with van der Waals surface area (Å²) in [5, 5.41) is 3.29. The van der Waals surface area contributed by atoms with Gasteiger partial charge in [0.2, 0.25) is 5.91 Å². The Bertz CT molecular complexity index is 541. The number of carbonyl (C=O) groups excluding carboxylic acids is 1. The number of nitrogens with one attached hydrogen (secondary N) is 1. The van der Waals surface area contributed by atoms with E-state index in [0.717, 1.165) is 44.3 Å². The number of hydrogen-bond donors (Lipinski definition) is 1. The molecule has 2 aliphatic carbocycles. The van der Waals surface area contributed by atoms with Crippen LogP contribution < -0.4 is 5.32 Å². The van der Waals surface area contributed by atoms with Crippen molar-refractivity contribution < 1.29 is 9.21 Å². The molecule has 0 bridgehead atoms. The van der Waals surface area contributed by atoms with E-state index in [1.54, 1.807) is 6.26 Å². The summed E-state index contributed by atoms with van der Waals surface area (Å²) in [4.78, 5) is 17.6. The van der Waals surface area contributed by atoms with Gasteiger partial charge >= 0.3 is 0 Å². The second kappa shape index (κ2) is 7.92. The Labute approximate surface area is 150 Å². The van der Waals surface area contributed by atoms with Crippen molar-refractivity contribution in [2.75, 3.05) is 19.6 Å². The van der Waals surface area contributed by atoms with Gasteiger partial charge in [-0.15, -0.1) is 0 Å². The minimum atomic E-state index is 0.184. The van der Waals surface area contributed by atoms with Crippen molar-refractivity contribution in [3.63, 3.8) is 0 Å². The molecule has 0 spiro atoms. The average molecular weight is 345 g/mol. The van der Waals surface area contributed by atoms with E-state index >= 15 is 0 Å². The van der Waals surface area contributed by atoms with Crippen molar-refractivity contribution in [2.24, 2.45) is 0 Å². The zero-order chi connectivity index (χ0) is 17.1. The van der Waals surface area contributed by atoms with Gasteiger partial charge in [0.05, 0.1) is 19.4 Å². The molecule has 1 N–H and O–H groups in total. The zero-order valence-corrected chi connectivity index (χ0v) is 15.2. The first-order chi connectivity index (χ1) is 12.3. The maximum absolute atomic E-state index is 12.6. The minimum Gasteiger partial charge on any atom is -0.468 e. The monoisotopic (exact) mass is 345 g/mol. The lowest BCUT2D eigenvalue weighted by atomic mass is 10.0.